The summed E-state index contributed by atoms with van der Waals surface area (Å²) >= 11 is -1.91. The van der Waals surface area contributed by atoms with E-state index in [4.69, 9.17) is 9.29 Å². The fourth-order valence-corrected chi connectivity index (χ4v) is 1.83. The molecule has 0 spiro atoms. The van der Waals surface area contributed by atoms with Crippen LogP contribution in [-0.4, -0.2) is 27.4 Å². The van der Waals surface area contributed by atoms with Crippen LogP contribution in [0.15, 0.2) is 11.6 Å². The van der Waals surface area contributed by atoms with Crippen LogP contribution in [0, 0.1) is 0 Å². The van der Waals surface area contributed by atoms with Gasteiger partial charge in [-0.15, -0.1) is 0 Å². The number of allylic oxidation sites excluding steroid dienone is 1. The maximum Gasteiger partial charge on any atom is 0.338 e. The van der Waals surface area contributed by atoms with Crippen LogP contribution in [-0.2, 0) is 20.8 Å². The summed E-state index contributed by atoms with van der Waals surface area (Å²) in [6.45, 7) is 2.39. The van der Waals surface area contributed by atoms with Gasteiger partial charge in [0.15, 0.2) is 0 Å². The van der Waals surface area contributed by atoms with Crippen LogP contribution in [0.25, 0.3) is 0 Å². The molecule has 0 aliphatic carbocycles. The van der Waals surface area contributed by atoms with E-state index < -0.39 is 11.3 Å². The summed E-state index contributed by atoms with van der Waals surface area (Å²) in [5.41, 5.74) is 0.773. The Morgan fingerprint density at radius 1 is 1.50 bits per heavy atom. The number of carbonyl (C=O) groups is 1. The average Bonchev–Trinajstić information content (AvgIpc) is 2.21. The third kappa shape index (κ3) is 4.42. The Hall–Kier alpha value is -0.720. The predicted octanol–water partition coefficient (Wildman–Crippen LogP) is 1.14. The minimum atomic E-state index is -1.91. The minimum absolute atomic E-state index is 0.0500. The minimum Gasteiger partial charge on any atom is -0.454 e. The third-order valence-corrected chi connectivity index (χ3v) is 2.88. The number of ether oxygens (including phenoxy) is 1. The molecule has 0 saturated carbocycles. The number of hydrogen-bond donors (Lipinski definition) is 2. The van der Waals surface area contributed by atoms with E-state index in [1.54, 1.807) is 0 Å². The molecule has 1 aliphatic rings. The Morgan fingerprint density at radius 3 is 2.81 bits per heavy atom. The first kappa shape index (κ1) is 13.3. The SMILES string of the molecule is CC1OC(=O)/C1=C\CCCCCNS(=O)O. The van der Waals surface area contributed by atoms with Crippen molar-refractivity contribution >= 4 is 17.2 Å². The van der Waals surface area contributed by atoms with Crippen molar-refractivity contribution in [3.8, 4) is 0 Å². The molecule has 0 aromatic rings. The highest BCUT2D eigenvalue weighted by Gasteiger charge is 2.30. The molecule has 2 atom stereocenters. The first-order valence-electron chi connectivity index (χ1n) is 5.36. The quantitative estimate of drug-likeness (QED) is 0.306. The number of unbranched alkanes of at least 4 members (excludes halogenated alkanes) is 3. The molecule has 0 aromatic heterocycles. The van der Waals surface area contributed by atoms with Crippen LogP contribution in [0.1, 0.15) is 32.6 Å². The van der Waals surface area contributed by atoms with Crippen LogP contribution >= 0.6 is 0 Å². The lowest BCUT2D eigenvalue weighted by atomic mass is 10.0. The van der Waals surface area contributed by atoms with Crippen molar-refractivity contribution in [2.75, 3.05) is 6.54 Å². The van der Waals surface area contributed by atoms with Crippen LogP contribution in [0.5, 0.6) is 0 Å². The number of carbonyl (C=O) groups excluding carboxylic acids is 1. The predicted molar refractivity (Wildman–Crippen MR) is 60.9 cm³/mol. The first-order chi connectivity index (χ1) is 7.61. The Kier molecular flexibility index (Phi) is 5.65. The van der Waals surface area contributed by atoms with Crippen LogP contribution in [0.2, 0.25) is 0 Å². The zero-order chi connectivity index (χ0) is 12.0. The highest BCUT2D eigenvalue weighted by atomic mass is 32.2. The lowest BCUT2D eigenvalue weighted by molar-refractivity contribution is -0.154. The standard InChI is InChI=1S/C10H17NO4S/c1-8-9(10(12)15-8)6-4-2-3-5-7-11-16(13)14/h6,8,11H,2-5,7H2,1H3,(H,13,14)/b9-6-. The fraction of sp³-hybridized carbons (Fsp3) is 0.700. The molecule has 2 N–H and O–H groups in total. The monoisotopic (exact) mass is 247 g/mol. The molecule has 0 aromatic carbocycles. The molecule has 1 fully saturated rings. The maximum atomic E-state index is 10.9. The van der Waals surface area contributed by atoms with E-state index in [0.29, 0.717) is 6.54 Å². The molecule has 6 heteroatoms. The average molecular weight is 247 g/mol. The zero-order valence-corrected chi connectivity index (χ0v) is 10.1. The van der Waals surface area contributed by atoms with Crippen molar-refractivity contribution in [3.05, 3.63) is 11.6 Å². The van der Waals surface area contributed by atoms with E-state index in [1.807, 2.05) is 13.0 Å². The van der Waals surface area contributed by atoms with Gasteiger partial charge in [-0.25, -0.2) is 13.7 Å². The maximum absolute atomic E-state index is 10.9. The number of rotatable bonds is 7. The smallest absolute Gasteiger partial charge is 0.338 e. The van der Waals surface area contributed by atoms with E-state index in [9.17, 15) is 9.00 Å². The molecule has 5 nitrogen and oxygen atoms in total. The van der Waals surface area contributed by atoms with Crippen molar-refractivity contribution < 1.29 is 18.3 Å². The van der Waals surface area contributed by atoms with Gasteiger partial charge in [-0.1, -0.05) is 12.5 Å². The molecule has 92 valence electrons. The van der Waals surface area contributed by atoms with Crippen molar-refractivity contribution in [1.29, 1.82) is 0 Å². The van der Waals surface area contributed by atoms with Gasteiger partial charge in [0.05, 0.1) is 5.57 Å². The Bertz CT molecular complexity index is 303. The molecule has 0 radical (unpaired) electrons. The molecular formula is C10H17NO4S. The van der Waals surface area contributed by atoms with Crippen molar-refractivity contribution in [3.63, 3.8) is 0 Å². The molecule has 1 aliphatic heterocycles. The van der Waals surface area contributed by atoms with E-state index in [1.165, 1.54) is 0 Å². The van der Waals surface area contributed by atoms with Gasteiger partial charge in [0.25, 0.3) is 0 Å². The van der Waals surface area contributed by atoms with Gasteiger partial charge in [-0.3, -0.25) is 4.55 Å². The lowest BCUT2D eigenvalue weighted by Crippen LogP contribution is -2.33. The van der Waals surface area contributed by atoms with Crippen LogP contribution < -0.4 is 4.72 Å². The second-order valence-corrected chi connectivity index (χ2v) is 4.49. The molecular weight excluding hydrogens is 230 g/mol. The summed E-state index contributed by atoms with van der Waals surface area (Å²) in [5, 5.41) is 0. The van der Waals surface area contributed by atoms with E-state index in [0.717, 1.165) is 31.3 Å². The van der Waals surface area contributed by atoms with Crippen molar-refractivity contribution in [2.24, 2.45) is 0 Å². The molecule has 16 heavy (non-hydrogen) atoms. The Balaban J connectivity index is 2.00. The fourth-order valence-electron chi connectivity index (χ4n) is 1.51. The van der Waals surface area contributed by atoms with Gasteiger partial charge in [0, 0.05) is 6.54 Å². The van der Waals surface area contributed by atoms with Gasteiger partial charge in [-0.2, -0.15) is 0 Å². The summed E-state index contributed by atoms with van der Waals surface area (Å²) in [5.74, 6) is -0.204. The highest BCUT2D eigenvalue weighted by molar-refractivity contribution is 7.77. The van der Waals surface area contributed by atoms with E-state index in [2.05, 4.69) is 4.72 Å². The molecule has 1 rings (SSSR count). The number of hydrogen-bond acceptors (Lipinski definition) is 3. The first-order valence-corrected chi connectivity index (χ1v) is 6.47. The Labute approximate surface area is 97.7 Å². The van der Waals surface area contributed by atoms with Crippen molar-refractivity contribution in [2.45, 2.75) is 38.7 Å². The molecule has 1 heterocycles. The molecule has 1 saturated heterocycles. The van der Waals surface area contributed by atoms with Gasteiger partial charge in [0.2, 0.25) is 11.3 Å². The zero-order valence-electron chi connectivity index (χ0n) is 9.27. The van der Waals surface area contributed by atoms with Gasteiger partial charge in [-0.05, 0) is 26.2 Å². The normalized spacial score (nSPS) is 24.0. The summed E-state index contributed by atoms with van der Waals surface area (Å²) < 4.78 is 25.9. The second kappa shape index (κ2) is 6.78. The molecule has 2 unspecified atom stereocenters. The van der Waals surface area contributed by atoms with Crippen molar-refractivity contribution in [1.82, 2.24) is 4.72 Å². The van der Waals surface area contributed by atoms with Gasteiger partial charge >= 0.3 is 5.97 Å². The van der Waals surface area contributed by atoms with Gasteiger partial charge in [0.1, 0.15) is 6.10 Å². The summed E-state index contributed by atoms with van der Waals surface area (Å²) in [7, 11) is 0. The summed E-state index contributed by atoms with van der Waals surface area (Å²) in [6.07, 6.45) is 5.53. The third-order valence-electron chi connectivity index (χ3n) is 2.43. The summed E-state index contributed by atoms with van der Waals surface area (Å²) in [6, 6.07) is 0. The van der Waals surface area contributed by atoms with E-state index in [-0.39, 0.29) is 12.1 Å². The topological polar surface area (TPSA) is 75.6 Å². The Morgan fingerprint density at radius 2 is 2.25 bits per heavy atom. The van der Waals surface area contributed by atoms with Crippen LogP contribution in [0.4, 0.5) is 0 Å². The second-order valence-electron chi connectivity index (χ2n) is 3.70. The number of cyclic esters (lactones) is 1. The largest absolute Gasteiger partial charge is 0.454 e. The lowest BCUT2D eigenvalue weighted by Gasteiger charge is -2.25. The molecule has 0 amide bonds. The number of esters is 1. The highest BCUT2D eigenvalue weighted by Crippen LogP contribution is 2.21. The van der Waals surface area contributed by atoms with Crippen LogP contribution in [0.3, 0.4) is 0 Å². The van der Waals surface area contributed by atoms with Gasteiger partial charge < -0.3 is 4.74 Å². The molecule has 0 bridgehead atoms. The van der Waals surface area contributed by atoms with E-state index >= 15 is 0 Å². The summed E-state index contributed by atoms with van der Waals surface area (Å²) in [4.78, 5) is 10.9. The number of nitrogens with one attached hydrogen (secondary N) is 1.